The second-order valence-electron chi connectivity index (χ2n) is 9.26. The molecule has 2 aromatic rings. The third kappa shape index (κ3) is 3.67. The van der Waals surface area contributed by atoms with Crippen LogP contribution in [-0.2, 0) is 4.74 Å². The topological polar surface area (TPSA) is 66.8 Å². The highest BCUT2D eigenvalue weighted by molar-refractivity contribution is 5.94. The van der Waals surface area contributed by atoms with Gasteiger partial charge in [-0.3, -0.25) is 9.59 Å². The minimum Gasteiger partial charge on any atom is -0.493 e. The van der Waals surface area contributed by atoms with Gasteiger partial charge in [0.25, 0.3) is 0 Å². The van der Waals surface area contributed by atoms with Crippen molar-refractivity contribution in [3.63, 3.8) is 0 Å². The Labute approximate surface area is 183 Å². The van der Waals surface area contributed by atoms with Crippen molar-refractivity contribution in [1.82, 2.24) is 4.57 Å². The van der Waals surface area contributed by atoms with Gasteiger partial charge >= 0.3 is 0 Å². The Morgan fingerprint density at radius 1 is 1.16 bits per heavy atom. The fourth-order valence-electron chi connectivity index (χ4n) is 5.30. The number of hydrogen-bond donors (Lipinski definition) is 0. The summed E-state index contributed by atoms with van der Waals surface area (Å²) in [5.41, 5.74) is 3.06. The SMILES string of the molecule is COCCCOc1cc2c(cc1OC)-c1cc(=O)c(C(C)=O)cn1[C@H]1[C@@H]2CCC1(C)C. The summed E-state index contributed by atoms with van der Waals surface area (Å²) in [6.45, 7) is 7.17. The molecule has 1 aromatic carbocycles. The predicted molar refractivity (Wildman–Crippen MR) is 119 cm³/mol. The normalized spacial score (nSPS) is 20.5. The Morgan fingerprint density at radius 2 is 1.94 bits per heavy atom. The largest absolute Gasteiger partial charge is 0.493 e. The molecule has 0 bridgehead atoms. The monoisotopic (exact) mass is 425 g/mol. The minimum atomic E-state index is -0.238. The maximum Gasteiger partial charge on any atom is 0.192 e. The summed E-state index contributed by atoms with van der Waals surface area (Å²) >= 11 is 0. The Balaban J connectivity index is 1.88. The molecular weight excluding hydrogens is 394 g/mol. The molecule has 0 amide bonds. The molecule has 1 aromatic heterocycles. The summed E-state index contributed by atoms with van der Waals surface area (Å²) in [4.78, 5) is 24.8. The smallest absolute Gasteiger partial charge is 0.192 e. The minimum absolute atomic E-state index is 0.0413. The van der Waals surface area contributed by atoms with Gasteiger partial charge in [0.05, 0.1) is 25.0 Å². The Kier molecular flexibility index (Phi) is 5.69. The molecule has 31 heavy (non-hydrogen) atoms. The second kappa shape index (κ2) is 8.15. The van der Waals surface area contributed by atoms with Crippen LogP contribution in [-0.4, -0.2) is 37.8 Å². The van der Waals surface area contributed by atoms with Crippen LogP contribution < -0.4 is 14.9 Å². The van der Waals surface area contributed by atoms with Crippen molar-refractivity contribution in [3.05, 3.63) is 45.7 Å². The van der Waals surface area contributed by atoms with Crippen LogP contribution >= 0.6 is 0 Å². The summed E-state index contributed by atoms with van der Waals surface area (Å²) in [5.74, 6) is 1.45. The zero-order valence-electron chi connectivity index (χ0n) is 19.0. The van der Waals surface area contributed by atoms with Crippen molar-refractivity contribution >= 4 is 5.78 Å². The summed E-state index contributed by atoms with van der Waals surface area (Å²) in [5, 5.41) is 0. The van der Waals surface area contributed by atoms with E-state index >= 15 is 0 Å². The van der Waals surface area contributed by atoms with Crippen LogP contribution in [0.1, 0.15) is 67.9 Å². The molecule has 2 aliphatic rings. The number of rotatable bonds is 7. The number of methoxy groups -OCH3 is 2. The van der Waals surface area contributed by atoms with E-state index in [0.717, 1.165) is 36.3 Å². The third-order valence-corrected chi connectivity index (χ3v) is 6.80. The molecule has 166 valence electrons. The molecular formula is C25H31NO5. The van der Waals surface area contributed by atoms with E-state index in [-0.39, 0.29) is 34.2 Å². The van der Waals surface area contributed by atoms with Crippen LogP contribution in [0.25, 0.3) is 11.3 Å². The van der Waals surface area contributed by atoms with Crippen molar-refractivity contribution in [2.45, 2.75) is 52.0 Å². The number of benzene rings is 1. The molecule has 1 aliphatic heterocycles. The standard InChI is InChI=1S/C25H31NO5/c1-15(27)19-14-26-20(13-21(19)28)18-12-22(30-5)23(31-10-6-9-29-4)11-17(18)16-7-8-25(2,3)24(16)26/h11-14,16,24H,6-10H2,1-5H3/t16-,24+/m1/s1. The number of pyridine rings is 1. The van der Waals surface area contributed by atoms with E-state index in [1.807, 2.05) is 6.07 Å². The van der Waals surface area contributed by atoms with Gasteiger partial charge in [0.2, 0.25) is 0 Å². The zero-order valence-corrected chi connectivity index (χ0v) is 19.0. The molecule has 1 aliphatic carbocycles. The van der Waals surface area contributed by atoms with Crippen molar-refractivity contribution in [3.8, 4) is 22.8 Å². The lowest BCUT2D eigenvalue weighted by Crippen LogP contribution is -2.32. The number of hydrogen-bond acceptors (Lipinski definition) is 5. The molecule has 0 spiro atoms. The lowest BCUT2D eigenvalue weighted by atomic mass is 9.77. The van der Waals surface area contributed by atoms with Crippen LogP contribution in [0, 0.1) is 5.41 Å². The highest BCUT2D eigenvalue weighted by Crippen LogP contribution is 2.59. The van der Waals surface area contributed by atoms with Gasteiger partial charge in [-0.05, 0) is 42.9 Å². The van der Waals surface area contributed by atoms with Gasteiger partial charge in [0.15, 0.2) is 22.7 Å². The molecule has 0 saturated heterocycles. The molecule has 6 nitrogen and oxygen atoms in total. The first-order valence-electron chi connectivity index (χ1n) is 10.9. The first-order valence-corrected chi connectivity index (χ1v) is 10.9. The van der Waals surface area contributed by atoms with Crippen molar-refractivity contribution in [2.75, 3.05) is 27.4 Å². The van der Waals surface area contributed by atoms with E-state index in [1.54, 1.807) is 26.5 Å². The lowest BCUT2D eigenvalue weighted by molar-refractivity contribution is 0.101. The zero-order chi connectivity index (χ0) is 22.3. The number of carbonyl (C=O) groups excluding carboxylic acids is 1. The van der Waals surface area contributed by atoms with E-state index in [2.05, 4.69) is 24.5 Å². The van der Waals surface area contributed by atoms with Crippen LogP contribution in [0.3, 0.4) is 0 Å². The Hall–Kier alpha value is -2.60. The van der Waals surface area contributed by atoms with Gasteiger partial charge in [-0.25, -0.2) is 0 Å². The molecule has 2 atom stereocenters. The van der Waals surface area contributed by atoms with Crippen LogP contribution in [0.5, 0.6) is 11.5 Å². The number of nitrogens with zero attached hydrogens (tertiary/aromatic N) is 1. The van der Waals surface area contributed by atoms with Gasteiger partial charge in [-0.15, -0.1) is 0 Å². The molecule has 0 radical (unpaired) electrons. The molecule has 0 N–H and O–H groups in total. The number of ether oxygens (including phenoxy) is 3. The summed E-state index contributed by atoms with van der Waals surface area (Å²) in [6, 6.07) is 5.84. The summed E-state index contributed by atoms with van der Waals surface area (Å²) < 4.78 is 18.9. The predicted octanol–water partition coefficient (Wildman–Crippen LogP) is 4.60. The van der Waals surface area contributed by atoms with Gasteiger partial charge < -0.3 is 18.8 Å². The first kappa shape index (κ1) is 21.6. The fourth-order valence-corrected chi connectivity index (χ4v) is 5.30. The highest BCUT2D eigenvalue weighted by Gasteiger charge is 2.47. The fraction of sp³-hybridized carbons (Fsp3) is 0.520. The van der Waals surface area contributed by atoms with Gasteiger partial charge in [0, 0.05) is 49.9 Å². The number of aromatic nitrogens is 1. The molecule has 4 rings (SSSR count). The molecule has 6 heteroatoms. The molecule has 0 unspecified atom stereocenters. The van der Waals surface area contributed by atoms with Gasteiger partial charge in [-0.1, -0.05) is 13.8 Å². The molecule has 1 saturated carbocycles. The summed E-state index contributed by atoms with van der Waals surface area (Å²) in [7, 11) is 3.30. The average Bonchev–Trinajstić information content (AvgIpc) is 3.05. The van der Waals surface area contributed by atoms with Crippen LogP contribution in [0.2, 0.25) is 0 Å². The van der Waals surface area contributed by atoms with E-state index in [9.17, 15) is 9.59 Å². The lowest BCUT2D eigenvalue weighted by Gasteiger charge is -2.40. The molecule has 1 fully saturated rings. The third-order valence-electron chi connectivity index (χ3n) is 6.80. The quantitative estimate of drug-likeness (QED) is 0.479. The van der Waals surface area contributed by atoms with E-state index in [1.165, 1.54) is 12.5 Å². The second-order valence-corrected chi connectivity index (χ2v) is 9.26. The van der Waals surface area contributed by atoms with Gasteiger partial charge in [0.1, 0.15) is 0 Å². The van der Waals surface area contributed by atoms with Gasteiger partial charge in [-0.2, -0.15) is 0 Å². The Morgan fingerprint density at radius 3 is 2.61 bits per heavy atom. The maximum atomic E-state index is 12.7. The number of carbonyl (C=O) groups is 1. The van der Waals surface area contributed by atoms with Crippen molar-refractivity contribution in [1.29, 1.82) is 0 Å². The first-order chi connectivity index (χ1) is 14.8. The number of Topliss-reactive ketones (excluding diaryl/α,β-unsaturated/α-hetero) is 1. The van der Waals surface area contributed by atoms with Crippen molar-refractivity contribution < 1.29 is 19.0 Å². The van der Waals surface area contributed by atoms with Crippen LogP contribution in [0.4, 0.5) is 0 Å². The van der Waals surface area contributed by atoms with E-state index < -0.39 is 0 Å². The van der Waals surface area contributed by atoms with Crippen LogP contribution in [0.15, 0.2) is 29.2 Å². The number of fused-ring (bicyclic) bond motifs is 6. The van der Waals surface area contributed by atoms with Crippen molar-refractivity contribution in [2.24, 2.45) is 5.41 Å². The average molecular weight is 426 g/mol. The molecule has 2 heterocycles. The van der Waals surface area contributed by atoms with E-state index in [0.29, 0.717) is 19.0 Å². The maximum absolute atomic E-state index is 12.7. The summed E-state index contributed by atoms with van der Waals surface area (Å²) in [6.07, 6.45) is 4.68. The van der Waals surface area contributed by atoms with E-state index in [4.69, 9.17) is 14.2 Å². The Bertz CT molecular complexity index is 1070. The number of ketones is 1. The highest BCUT2D eigenvalue weighted by atomic mass is 16.5.